The van der Waals surface area contributed by atoms with Crippen molar-refractivity contribution in [2.75, 3.05) is 0 Å². The van der Waals surface area contributed by atoms with Crippen molar-refractivity contribution < 1.29 is 9.53 Å². The molecule has 0 unspecified atom stereocenters. The maximum Gasteiger partial charge on any atom is 0.308 e. The normalized spacial score (nSPS) is 10.3. The van der Waals surface area contributed by atoms with Crippen LogP contribution >= 0.6 is 0 Å². The minimum absolute atomic E-state index is 0.289. The monoisotopic (exact) mass is 200 g/mol. The first-order valence-corrected chi connectivity index (χ1v) is 4.84. The molecule has 0 radical (unpaired) electrons. The molecule has 0 aliphatic rings. The molecule has 0 saturated carbocycles. The Bertz CT molecular complexity index is 515. The molecular weight excluding hydrogens is 188 g/mol. The molecule has 0 aliphatic carbocycles. The van der Waals surface area contributed by atoms with Crippen molar-refractivity contribution >= 4 is 16.7 Å². The number of esters is 1. The number of rotatable bonds is 1. The second kappa shape index (κ2) is 3.73. The molecule has 0 atom stereocenters. The average Bonchev–Trinajstić information content (AvgIpc) is 2.18. The van der Waals surface area contributed by atoms with Crippen LogP contribution in [0.3, 0.4) is 0 Å². The van der Waals surface area contributed by atoms with Gasteiger partial charge in [-0.15, -0.1) is 0 Å². The molecule has 0 N–H and O–H groups in total. The van der Waals surface area contributed by atoms with Gasteiger partial charge in [0.1, 0.15) is 5.75 Å². The van der Waals surface area contributed by atoms with E-state index in [2.05, 4.69) is 0 Å². The molecule has 2 nitrogen and oxygen atoms in total. The summed E-state index contributed by atoms with van der Waals surface area (Å²) < 4.78 is 5.04. The van der Waals surface area contributed by atoms with Crippen LogP contribution in [0, 0.1) is 6.92 Å². The maximum absolute atomic E-state index is 10.8. The van der Waals surface area contributed by atoms with Crippen molar-refractivity contribution in [3.05, 3.63) is 42.0 Å². The largest absolute Gasteiger partial charge is 0.427 e. The van der Waals surface area contributed by atoms with Crippen LogP contribution in [-0.4, -0.2) is 5.97 Å². The second-order valence-electron chi connectivity index (χ2n) is 3.55. The third-order valence-electron chi connectivity index (χ3n) is 2.33. The van der Waals surface area contributed by atoms with Crippen LogP contribution < -0.4 is 4.74 Å². The predicted molar refractivity (Wildman–Crippen MR) is 60.0 cm³/mol. The van der Waals surface area contributed by atoms with E-state index in [4.69, 9.17) is 4.74 Å². The molecule has 0 amide bonds. The molecule has 0 aliphatic heterocycles. The number of carbonyl (C=O) groups excluding carboxylic acids is 1. The summed E-state index contributed by atoms with van der Waals surface area (Å²) in [7, 11) is 0. The van der Waals surface area contributed by atoms with E-state index >= 15 is 0 Å². The molecule has 0 heterocycles. The minimum Gasteiger partial charge on any atom is -0.427 e. The van der Waals surface area contributed by atoms with Gasteiger partial charge in [0, 0.05) is 6.92 Å². The fourth-order valence-corrected chi connectivity index (χ4v) is 1.64. The quantitative estimate of drug-likeness (QED) is 0.522. The second-order valence-corrected chi connectivity index (χ2v) is 3.55. The van der Waals surface area contributed by atoms with Crippen LogP contribution in [0.4, 0.5) is 0 Å². The summed E-state index contributed by atoms with van der Waals surface area (Å²) in [6.45, 7) is 3.45. The number of fused-ring (bicyclic) bond motifs is 1. The molecule has 15 heavy (non-hydrogen) atoms. The highest BCUT2D eigenvalue weighted by molar-refractivity contribution is 5.87. The number of hydrogen-bond donors (Lipinski definition) is 0. The van der Waals surface area contributed by atoms with Crippen LogP contribution in [0.15, 0.2) is 36.4 Å². The highest BCUT2D eigenvalue weighted by Gasteiger charge is 2.01. The Balaban J connectivity index is 2.54. The first kappa shape index (κ1) is 9.71. The lowest BCUT2D eigenvalue weighted by Gasteiger charge is -2.05. The summed E-state index contributed by atoms with van der Waals surface area (Å²) in [5, 5.41) is 2.28. The van der Waals surface area contributed by atoms with Gasteiger partial charge in [0.25, 0.3) is 0 Å². The van der Waals surface area contributed by atoms with Crippen molar-refractivity contribution in [3.63, 3.8) is 0 Å². The summed E-state index contributed by atoms with van der Waals surface area (Å²) in [5.74, 6) is 0.312. The van der Waals surface area contributed by atoms with Gasteiger partial charge in [-0.1, -0.05) is 24.3 Å². The SMILES string of the molecule is CC(=O)Oc1ccc2cccc(C)c2c1. The van der Waals surface area contributed by atoms with Gasteiger partial charge in [-0.25, -0.2) is 0 Å². The van der Waals surface area contributed by atoms with Crippen molar-refractivity contribution in [3.8, 4) is 5.75 Å². The highest BCUT2D eigenvalue weighted by atomic mass is 16.5. The van der Waals surface area contributed by atoms with E-state index < -0.39 is 0 Å². The van der Waals surface area contributed by atoms with Crippen molar-refractivity contribution in [1.82, 2.24) is 0 Å². The molecular formula is C13H12O2. The Morgan fingerprint density at radius 3 is 2.73 bits per heavy atom. The van der Waals surface area contributed by atoms with E-state index in [0.717, 1.165) is 10.8 Å². The summed E-state index contributed by atoms with van der Waals surface area (Å²) in [6.07, 6.45) is 0. The molecule has 2 aromatic rings. The smallest absolute Gasteiger partial charge is 0.308 e. The van der Waals surface area contributed by atoms with Crippen LogP contribution in [0.25, 0.3) is 10.8 Å². The zero-order valence-electron chi connectivity index (χ0n) is 8.78. The number of carbonyl (C=O) groups is 1. The summed E-state index contributed by atoms with van der Waals surface area (Å²) >= 11 is 0. The topological polar surface area (TPSA) is 26.3 Å². The highest BCUT2D eigenvalue weighted by Crippen LogP contribution is 2.23. The van der Waals surface area contributed by atoms with E-state index in [1.165, 1.54) is 12.5 Å². The summed E-state index contributed by atoms with van der Waals surface area (Å²) in [6, 6.07) is 11.8. The number of hydrogen-bond acceptors (Lipinski definition) is 2. The first-order valence-electron chi connectivity index (χ1n) is 4.84. The molecule has 2 rings (SSSR count). The van der Waals surface area contributed by atoms with Crippen LogP contribution in [0.1, 0.15) is 12.5 Å². The standard InChI is InChI=1S/C13H12O2/c1-9-4-3-5-11-6-7-12(8-13(9)11)15-10(2)14/h3-8H,1-2H3. The van der Waals surface area contributed by atoms with Crippen molar-refractivity contribution in [2.24, 2.45) is 0 Å². The molecule has 0 fully saturated rings. The third kappa shape index (κ3) is 1.99. The molecule has 2 heteroatoms. The van der Waals surface area contributed by atoms with Gasteiger partial charge in [0.2, 0.25) is 0 Å². The van der Waals surface area contributed by atoms with E-state index in [9.17, 15) is 4.79 Å². The van der Waals surface area contributed by atoms with Gasteiger partial charge in [-0.2, -0.15) is 0 Å². The lowest BCUT2D eigenvalue weighted by molar-refractivity contribution is -0.131. The Kier molecular flexibility index (Phi) is 2.42. The molecule has 0 spiro atoms. The zero-order valence-corrected chi connectivity index (χ0v) is 8.78. The number of aryl methyl sites for hydroxylation is 1. The Morgan fingerprint density at radius 1 is 1.20 bits per heavy atom. The van der Waals surface area contributed by atoms with Crippen molar-refractivity contribution in [1.29, 1.82) is 0 Å². The molecule has 2 aromatic carbocycles. The minimum atomic E-state index is -0.289. The maximum atomic E-state index is 10.8. The molecule has 0 saturated heterocycles. The van der Waals surface area contributed by atoms with E-state index in [-0.39, 0.29) is 5.97 Å². The Morgan fingerprint density at radius 2 is 2.00 bits per heavy atom. The predicted octanol–water partition coefficient (Wildman–Crippen LogP) is 3.07. The van der Waals surface area contributed by atoms with E-state index in [0.29, 0.717) is 5.75 Å². The van der Waals surface area contributed by atoms with Gasteiger partial charge < -0.3 is 4.74 Å². The number of benzene rings is 2. The lowest BCUT2D eigenvalue weighted by Crippen LogP contribution is -2.00. The van der Waals surface area contributed by atoms with Crippen molar-refractivity contribution in [2.45, 2.75) is 13.8 Å². The van der Waals surface area contributed by atoms with Crippen LogP contribution in [0.5, 0.6) is 5.75 Å². The number of ether oxygens (including phenoxy) is 1. The zero-order chi connectivity index (χ0) is 10.8. The van der Waals surface area contributed by atoms with Gasteiger partial charge >= 0.3 is 5.97 Å². The van der Waals surface area contributed by atoms with E-state index in [1.54, 1.807) is 0 Å². The van der Waals surface area contributed by atoms with Crippen LogP contribution in [0.2, 0.25) is 0 Å². The summed E-state index contributed by atoms with van der Waals surface area (Å²) in [5.41, 5.74) is 1.18. The fraction of sp³-hybridized carbons (Fsp3) is 0.154. The molecule has 0 bridgehead atoms. The third-order valence-corrected chi connectivity index (χ3v) is 2.33. The Hall–Kier alpha value is -1.83. The fourth-order valence-electron chi connectivity index (χ4n) is 1.64. The Labute approximate surface area is 88.5 Å². The first-order chi connectivity index (χ1) is 7.16. The van der Waals surface area contributed by atoms with Crippen LogP contribution in [-0.2, 0) is 4.79 Å². The van der Waals surface area contributed by atoms with Gasteiger partial charge in [-0.05, 0) is 35.4 Å². The molecule has 0 aromatic heterocycles. The van der Waals surface area contributed by atoms with E-state index in [1.807, 2.05) is 43.3 Å². The molecule has 76 valence electrons. The lowest BCUT2D eigenvalue weighted by atomic mass is 10.1. The van der Waals surface area contributed by atoms with Gasteiger partial charge in [0.05, 0.1) is 0 Å². The van der Waals surface area contributed by atoms with Gasteiger partial charge in [-0.3, -0.25) is 4.79 Å². The van der Waals surface area contributed by atoms with Gasteiger partial charge in [0.15, 0.2) is 0 Å². The average molecular weight is 200 g/mol. The summed E-state index contributed by atoms with van der Waals surface area (Å²) in [4.78, 5) is 10.8.